The molecule has 20 heavy (non-hydrogen) atoms. The topological polar surface area (TPSA) is 83.7 Å². The van der Waals surface area contributed by atoms with Crippen molar-refractivity contribution in [3.05, 3.63) is 39.9 Å². The average molecular weight is 278 g/mol. The van der Waals surface area contributed by atoms with Gasteiger partial charge >= 0.3 is 5.97 Å². The third-order valence-electron chi connectivity index (χ3n) is 3.43. The van der Waals surface area contributed by atoms with Gasteiger partial charge in [0.05, 0.1) is 4.92 Å². The zero-order valence-corrected chi connectivity index (χ0v) is 11.2. The van der Waals surface area contributed by atoms with Gasteiger partial charge < -0.3 is 5.11 Å². The van der Waals surface area contributed by atoms with Crippen LogP contribution in [0.1, 0.15) is 31.2 Å². The van der Waals surface area contributed by atoms with E-state index in [1.165, 1.54) is 12.1 Å². The quantitative estimate of drug-likeness (QED) is 0.583. The lowest BCUT2D eigenvalue weighted by Gasteiger charge is -2.21. The van der Waals surface area contributed by atoms with Crippen LogP contribution in [0.25, 0.3) is 0 Å². The molecular formula is C14H18N2O4. The molecule has 0 radical (unpaired) electrons. The maximum atomic E-state index is 10.6. The minimum absolute atomic E-state index is 0.0950. The molecule has 0 amide bonds. The van der Waals surface area contributed by atoms with E-state index in [1.54, 1.807) is 12.1 Å². The zero-order chi connectivity index (χ0) is 14.5. The number of aliphatic carboxylic acids is 1. The molecule has 0 atom stereocenters. The lowest BCUT2D eigenvalue weighted by atomic mass is 10.2. The molecule has 1 aromatic carbocycles. The zero-order valence-electron chi connectivity index (χ0n) is 11.2. The van der Waals surface area contributed by atoms with Crippen molar-refractivity contribution < 1.29 is 14.8 Å². The molecule has 108 valence electrons. The molecule has 0 unspecified atom stereocenters. The molecule has 1 N–H and O–H groups in total. The van der Waals surface area contributed by atoms with E-state index in [4.69, 9.17) is 5.11 Å². The third kappa shape index (κ3) is 4.31. The molecule has 2 rings (SSSR count). The van der Waals surface area contributed by atoms with E-state index in [2.05, 4.69) is 4.90 Å². The summed E-state index contributed by atoms with van der Waals surface area (Å²) < 4.78 is 0. The Hall–Kier alpha value is -1.95. The number of hydrogen-bond donors (Lipinski definition) is 1. The first-order chi connectivity index (χ1) is 9.56. The highest BCUT2D eigenvalue weighted by Crippen LogP contribution is 2.28. The van der Waals surface area contributed by atoms with Crippen molar-refractivity contribution in [3.63, 3.8) is 0 Å². The lowest BCUT2D eigenvalue weighted by molar-refractivity contribution is -0.384. The van der Waals surface area contributed by atoms with Gasteiger partial charge in [0, 0.05) is 31.1 Å². The molecule has 6 heteroatoms. The summed E-state index contributed by atoms with van der Waals surface area (Å²) in [6, 6.07) is 7.10. The van der Waals surface area contributed by atoms with Gasteiger partial charge in [-0.3, -0.25) is 19.8 Å². The highest BCUT2D eigenvalue weighted by Gasteiger charge is 2.28. The summed E-state index contributed by atoms with van der Waals surface area (Å²) in [7, 11) is 0. The van der Waals surface area contributed by atoms with E-state index in [9.17, 15) is 14.9 Å². The van der Waals surface area contributed by atoms with E-state index < -0.39 is 10.9 Å². The monoisotopic (exact) mass is 278 g/mol. The van der Waals surface area contributed by atoms with Crippen molar-refractivity contribution in [2.45, 2.75) is 38.3 Å². The molecule has 1 aliphatic rings. The Labute approximate surface area is 117 Å². The van der Waals surface area contributed by atoms with Crippen LogP contribution in [0.5, 0.6) is 0 Å². The van der Waals surface area contributed by atoms with Crippen LogP contribution < -0.4 is 0 Å². The number of non-ortho nitro benzene ring substituents is 1. The second-order valence-corrected chi connectivity index (χ2v) is 5.12. The van der Waals surface area contributed by atoms with Crippen molar-refractivity contribution in [2.75, 3.05) is 6.54 Å². The fourth-order valence-electron chi connectivity index (χ4n) is 2.22. The SMILES string of the molecule is O=C(O)CCCN(Cc1ccc([N+](=O)[O-])cc1)C1CC1. The Morgan fingerprint density at radius 2 is 2.00 bits per heavy atom. The molecule has 0 aliphatic heterocycles. The fraction of sp³-hybridized carbons (Fsp3) is 0.500. The van der Waals surface area contributed by atoms with Gasteiger partial charge in [-0.1, -0.05) is 12.1 Å². The van der Waals surface area contributed by atoms with E-state index in [0.29, 0.717) is 12.5 Å². The summed E-state index contributed by atoms with van der Waals surface area (Å²) in [4.78, 5) is 23.0. The minimum atomic E-state index is -0.768. The molecule has 0 spiro atoms. The summed E-state index contributed by atoms with van der Waals surface area (Å²) in [6.07, 6.45) is 3.13. The van der Waals surface area contributed by atoms with E-state index in [1.807, 2.05) is 0 Å². The number of rotatable bonds is 8. The van der Waals surface area contributed by atoms with E-state index >= 15 is 0 Å². The Morgan fingerprint density at radius 1 is 1.35 bits per heavy atom. The van der Waals surface area contributed by atoms with Gasteiger partial charge in [-0.2, -0.15) is 0 Å². The molecule has 1 aromatic rings. The van der Waals surface area contributed by atoms with Gasteiger partial charge in [0.1, 0.15) is 0 Å². The highest BCUT2D eigenvalue weighted by atomic mass is 16.6. The summed E-state index contributed by atoms with van der Waals surface area (Å²) in [5.41, 5.74) is 1.12. The summed E-state index contributed by atoms with van der Waals surface area (Å²) in [6.45, 7) is 1.48. The normalized spacial score (nSPS) is 14.4. The van der Waals surface area contributed by atoms with Gasteiger partial charge in [-0.25, -0.2) is 0 Å². The van der Waals surface area contributed by atoms with E-state index in [-0.39, 0.29) is 12.1 Å². The maximum Gasteiger partial charge on any atom is 0.303 e. The smallest absolute Gasteiger partial charge is 0.303 e. The Morgan fingerprint density at radius 3 is 2.50 bits per heavy atom. The second kappa shape index (κ2) is 6.47. The number of nitrogens with zero attached hydrogens (tertiary/aromatic N) is 2. The number of carboxylic acid groups (broad SMARTS) is 1. The van der Waals surface area contributed by atoms with Crippen molar-refractivity contribution in [3.8, 4) is 0 Å². The third-order valence-corrected chi connectivity index (χ3v) is 3.43. The van der Waals surface area contributed by atoms with Gasteiger partial charge in [0.2, 0.25) is 0 Å². The summed E-state index contributed by atoms with van der Waals surface area (Å²) in [5.74, 6) is -0.768. The lowest BCUT2D eigenvalue weighted by Crippen LogP contribution is -2.27. The molecule has 0 saturated heterocycles. The summed E-state index contributed by atoms with van der Waals surface area (Å²) >= 11 is 0. The Kier molecular flexibility index (Phi) is 4.68. The predicted octanol–water partition coefficient (Wildman–Crippen LogP) is 2.42. The van der Waals surface area contributed by atoms with Crippen LogP contribution in [-0.2, 0) is 11.3 Å². The summed E-state index contributed by atoms with van der Waals surface area (Å²) in [5, 5.41) is 19.3. The number of nitro benzene ring substituents is 1. The van der Waals surface area contributed by atoms with Crippen molar-refractivity contribution in [2.24, 2.45) is 0 Å². The van der Waals surface area contributed by atoms with Crippen LogP contribution in [0.4, 0.5) is 5.69 Å². The number of nitro groups is 1. The Bertz CT molecular complexity index is 482. The average Bonchev–Trinajstić information content (AvgIpc) is 3.22. The molecule has 1 fully saturated rings. The highest BCUT2D eigenvalue weighted by molar-refractivity contribution is 5.66. The molecular weight excluding hydrogens is 260 g/mol. The minimum Gasteiger partial charge on any atom is -0.481 e. The standard InChI is InChI=1S/C14H18N2O4/c17-14(18)2-1-9-15(12-7-8-12)10-11-3-5-13(6-4-11)16(19)20/h3-6,12H,1-2,7-10H2,(H,17,18). The number of benzene rings is 1. The first-order valence-corrected chi connectivity index (χ1v) is 6.75. The molecule has 1 saturated carbocycles. The van der Waals surface area contributed by atoms with Gasteiger partial charge in [-0.05, 0) is 31.4 Å². The fourth-order valence-corrected chi connectivity index (χ4v) is 2.22. The van der Waals surface area contributed by atoms with Crippen LogP contribution in [0.3, 0.4) is 0 Å². The molecule has 6 nitrogen and oxygen atoms in total. The largest absolute Gasteiger partial charge is 0.481 e. The first-order valence-electron chi connectivity index (χ1n) is 6.75. The second-order valence-electron chi connectivity index (χ2n) is 5.12. The van der Waals surface area contributed by atoms with Crippen LogP contribution in [0.2, 0.25) is 0 Å². The van der Waals surface area contributed by atoms with E-state index in [0.717, 1.165) is 31.5 Å². The molecule has 0 heterocycles. The van der Waals surface area contributed by atoms with Crippen molar-refractivity contribution in [1.29, 1.82) is 0 Å². The molecule has 0 aromatic heterocycles. The van der Waals surface area contributed by atoms with Gasteiger partial charge in [0.15, 0.2) is 0 Å². The van der Waals surface area contributed by atoms with Crippen LogP contribution in [0.15, 0.2) is 24.3 Å². The first kappa shape index (κ1) is 14.5. The van der Waals surface area contributed by atoms with Crippen molar-refractivity contribution in [1.82, 2.24) is 4.90 Å². The Balaban J connectivity index is 1.90. The van der Waals surface area contributed by atoms with Crippen LogP contribution in [-0.4, -0.2) is 33.5 Å². The molecule has 0 bridgehead atoms. The predicted molar refractivity (Wildman–Crippen MR) is 73.4 cm³/mol. The number of carboxylic acids is 1. The molecule has 1 aliphatic carbocycles. The number of carbonyl (C=O) groups is 1. The van der Waals surface area contributed by atoms with Gasteiger partial charge in [0.25, 0.3) is 5.69 Å². The van der Waals surface area contributed by atoms with Crippen LogP contribution >= 0.6 is 0 Å². The maximum absolute atomic E-state index is 10.6. The van der Waals surface area contributed by atoms with Crippen LogP contribution in [0, 0.1) is 10.1 Å². The van der Waals surface area contributed by atoms with Gasteiger partial charge in [-0.15, -0.1) is 0 Å². The number of hydrogen-bond acceptors (Lipinski definition) is 4. The van der Waals surface area contributed by atoms with Crippen molar-refractivity contribution >= 4 is 11.7 Å².